The monoisotopic (exact) mass is 410 g/mol. The maximum atomic E-state index is 12.6. The fourth-order valence-corrected chi connectivity index (χ4v) is 5.15. The van der Waals surface area contributed by atoms with Gasteiger partial charge in [0.15, 0.2) is 5.17 Å². The molecule has 0 unspecified atom stereocenters. The lowest BCUT2D eigenvalue weighted by Crippen LogP contribution is -2.53. The van der Waals surface area contributed by atoms with Crippen LogP contribution in [0.3, 0.4) is 0 Å². The van der Waals surface area contributed by atoms with Crippen molar-refractivity contribution in [2.75, 3.05) is 26.4 Å². The van der Waals surface area contributed by atoms with Crippen LogP contribution >= 0.6 is 11.8 Å². The van der Waals surface area contributed by atoms with Crippen molar-refractivity contribution in [1.82, 2.24) is 9.21 Å². The van der Waals surface area contributed by atoms with Gasteiger partial charge in [-0.1, -0.05) is 11.8 Å². The van der Waals surface area contributed by atoms with Gasteiger partial charge in [0.05, 0.1) is 10.9 Å². The van der Waals surface area contributed by atoms with E-state index < -0.39 is 27.8 Å². The fourth-order valence-electron chi connectivity index (χ4n) is 3.27. The highest BCUT2D eigenvalue weighted by atomic mass is 32.2. The Balaban J connectivity index is 2.17. The summed E-state index contributed by atoms with van der Waals surface area (Å²) in [5, 5.41) is 20.5. The van der Waals surface area contributed by atoms with Gasteiger partial charge >= 0.3 is 0 Å². The molecular formula is C17H22N4O4S2. The quantitative estimate of drug-likeness (QED) is 0.751. The maximum Gasteiger partial charge on any atom is 0.242 e. The van der Waals surface area contributed by atoms with Crippen molar-refractivity contribution in [2.45, 2.75) is 36.5 Å². The van der Waals surface area contributed by atoms with E-state index in [4.69, 9.17) is 10.00 Å². The van der Waals surface area contributed by atoms with E-state index in [1.807, 2.05) is 4.90 Å². The topological polar surface area (TPSA) is 106 Å². The third-order valence-electron chi connectivity index (χ3n) is 4.75. The third-order valence-corrected chi connectivity index (χ3v) is 7.54. The Bertz CT molecular complexity index is 921. The first kappa shape index (κ1) is 19.9. The van der Waals surface area contributed by atoms with Crippen LogP contribution in [0.25, 0.3) is 0 Å². The number of rotatable bonds is 3. The standard InChI is InChI=1S/C17H22N4O4S2/c1-17(2)15(22)14(21-7-8-26-16(21)19-10-18)12-9-11(5-6-13(12)25-17)27(23,24)20(3)4/h5-6,9,14-15,22H,7-8H2,1-4H3/b19-16+/t14-,15+/m0/s1. The van der Waals surface area contributed by atoms with Gasteiger partial charge in [0.25, 0.3) is 0 Å². The molecular weight excluding hydrogens is 388 g/mol. The van der Waals surface area contributed by atoms with Gasteiger partial charge in [-0.25, -0.2) is 12.7 Å². The number of amidine groups is 1. The Labute approximate surface area is 163 Å². The van der Waals surface area contributed by atoms with Crippen molar-refractivity contribution in [2.24, 2.45) is 4.99 Å². The number of thioether (sulfide) groups is 1. The molecule has 2 aliphatic heterocycles. The molecule has 1 aromatic carbocycles. The fraction of sp³-hybridized carbons (Fsp3) is 0.529. The molecule has 2 heterocycles. The van der Waals surface area contributed by atoms with Crippen LogP contribution in [-0.4, -0.2) is 66.0 Å². The summed E-state index contributed by atoms with van der Waals surface area (Å²) in [6, 6.07) is 4.10. The van der Waals surface area contributed by atoms with Crippen LogP contribution in [0.15, 0.2) is 28.1 Å². The highest BCUT2D eigenvalue weighted by Crippen LogP contribution is 2.45. The molecule has 0 saturated carbocycles. The molecule has 0 aliphatic carbocycles. The Kier molecular flexibility index (Phi) is 5.16. The van der Waals surface area contributed by atoms with E-state index in [0.29, 0.717) is 23.0 Å². The molecule has 1 saturated heterocycles. The second kappa shape index (κ2) is 6.98. The van der Waals surface area contributed by atoms with Gasteiger partial charge in [-0.15, -0.1) is 4.99 Å². The lowest BCUT2D eigenvalue weighted by Gasteiger charge is -2.45. The summed E-state index contributed by atoms with van der Waals surface area (Å²) >= 11 is 1.44. The molecule has 0 bridgehead atoms. The highest BCUT2D eigenvalue weighted by Gasteiger charge is 2.47. The zero-order valence-electron chi connectivity index (χ0n) is 15.6. The van der Waals surface area contributed by atoms with E-state index in [2.05, 4.69) is 4.99 Å². The van der Waals surface area contributed by atoms with Crippen LogP contribution in [0, 0.1) is 11.5 Å². The molecule has 1 fully saturated rings. The van der Waals surface area contributed by atoms with E-state index in [1.54, 1.807) is 32.2 Å². The first-order valence-electron chi connectivity index (χ1n) is 8.39. The summed E-state index contributed by atoms with van der Waals surface area (Å²) in [7, 11) is -0.702. The molecule has 0 radical (unpaired) electrons. The van der Waals surface area contributed by atoms with Gasteiger partial charge in [-0.3, -0.25) is 0 Å². The molecule has 8 nitrogen and oxygen atoms in total. The SMILES string of the molecule is CN(C)S(=O)(=O)c1ccc2c(c1)[C@H](N1CCS/C1=N/C#N)[C@@H](O)C(C)(C)O2. The number of ether oxygens (including phenoxy) is 1. The van der Waals surface area contributed by atoms with E-state index >= 15 is 0 Å². The molecule has 27 heavy (non-hydrogen) atoms. The number of hydrogen-bond donors (Lipinski definition) is 1. The minimum absolute atomic E-state index is 0.123. The molecule has 2 atom stereocenters. The minimum Gasteiger partial charge on any atom is -0.485 e. The highest BCUT2D eigenvalue weighted by molar-refractivity contribution is 8.14. The number of sulfonamides is 1. The average molecular weight is 411 g/mol. The second-order valence-corrected chi connectivity index (χ2v) is 10.3. The van der Waals surface area contributed by atoms with Crippen LogP contribution in [0.1, 0.15) is 25.5 Å². The molecule has 0 amide bonds. The first-order chi connectivity index (χ1) is 12.6. The minimum atomic E-state index is -3.64. The van der Waals surface area contributed by atoms with Crippen LogP contribution in [0.4, 0.5) is 0 Å². The number of nitriles is 1. The smallest absolute Gasteiger partial charge is 0.242 e. The Hall–Kier alpha value is -1.80. The molecule has 1 N–H and O–H groups in total. The first-order valence-corrected chi connectivity index (χ1v) is 10.8. The van der Waals surface area contributed by atoms with Crippen molar-refractivity contribution in [3.63, 3.8) is 0 Å². The molecule has 2 aliphatic rings. The predicted molar refractivity (Wildman–Crippen MR) is 103 cm³/mol. The van der Waals surface area contributed by atoms with E-state index in [0.717, 1.165) is 10.1 Å². The number of fused-ring (bicyclic) bond motifs is 1. The number of hydrogen-bond acceptors (Lipinski definition) is 7. The molecule has 10 heteroatoms. The Morgan fingerprint density at radius 1 is 1.44 bits per heavy atom. The molecule has 0 spiro atoms. The van der Waals surface area contributed by atoms with Crippen molar-refractivity contribution in [1.29, 1.82) is 5.26 Å². The van der Waals surface area contributed by atoms with Crippen molar-refractivity contribution < 1.29 is 18.3 Å². The summed E-state index contributed by atoms with van der Waals surface area (Å²) in [4.78, 5) is 5.84. The van der Waals surface area contributed by atoms with E-state index in [-0.39, 0.29) is 4.90 Å². The summed E-state index contributed by atoms with van der Waals surface area (Å²) in [6.45, 7) is 4.15. The number of aliphatic imine (C=N–C) groups is 1. The largest absolute Gasteiger partial charge is 0.485 e. The summed E-state index contributed by atoms with van der Waals surface area (Å²) in [5.41, 5.74) is -0.317. The maximum absolute atomic E-state index is 12.6. The van der Waals surface area contributed by atoms with Crippen molar-refractivity contribution in [3.05, 3.63) is 23.8 Å². The number of benzene rings is 1. The average Bonchev–Trinajstić information content (AvgIpc) is 3.03. The van der Waals surface area contributed by atoms with Crippen LogP contribution < -0.4 is 4.74 Å². The van der Waals surface area contributed by atoms with Crippen LogP contribution in [0.5, 0.6) is 5.75 Å². The zero-order valence-corrected chi connectivity index (χ0v) is 17.2. The van der Waals surface area contributed by atoms with E-state index in [1.165, 1.54) is 31.9 Å². The van der Waals surface area contributed by atoms with Gasteiger partial charge in [-0.2, -0.15) is 5.26 Å². The van der Waals surface area contributed by atoms with Gasteiger partial charge in [0.1, 0.15) is 17.5 Å². The normalized spacial score (nSPS) is 26.0. The van der Waals surface area contributed by atoms with Gasteiger partial charge in [0.2, 0.25) is 16.2 Å². The predicted octanol–water partition coefficient (Wildman–Crippen LogP) is 1.40. The zero-order chi connectivity index (χ0) is 20.0. The van der Waals surface area contributed by atoms with E-state index in [9.17, 15) is 13.5 Å². The molecule has 3 rings (SSSR count). The lowest BCUT2D eigenvalue weighted by molar-refractivity contribution is -0.0801. The second-order valence-electron chi connectivity index (χ2n) is 7.12. The third kappa shape index (κ3) is 3.40. The molecule has 0 aromatic heterocycles. The summed E-state index contributed by atoms with van der Waals surface area (Å²) in [5.74, 6) is 1.25. The number of aliphatic hydroxyl groups excluding tert-OH is 1. The molecule has 146 valence electrons. The summed E-state index contributed by atoms with van der Waals surface area (Å²) < 4.78 is 32.2. The van der Waals surface area contributed by atoms with Crippen LogP contribution in [0.2, 0.25) is 0 Å². The number of aliphatic hydroxyl groups is 1. The molecule has 1 aromatic rings. The summed E-state index contributed by atoms with van der Waals surface area (Å²) in [6.07, 6.45) is 0.859. The lowest BCUT2D eigenvalue weighted by atomic mass is 9.85. The van der Waals surface area contributed by atoms with Crippen molar-refractivity contribution >= 4 is 27.0 Å². The van der Waals surface area contributed by atoms with Gasteiger partial charge < -0.3 is 14.7 Å². The van der Waals surface area contributed by atoms with Crippen LogP contribution in [-0.2, 0) is 10.0 Å². The number of nitrogens with zero attached hydrogens (tertiary/aromatic N) is 4. The van der Waals surface area contributed by atoms with Crippen molar-refractivity contribution in [3.8, 4) is 11.9 Å². The van der Waals surface area contributed by atoms with Gasteiger partial charge in [0, 0.05) is 32.0 Å². The Morgan fingerprint density at radius 3 is 2.78 bits per heavy atom. The Morgan fingerprint density at radius 2 is 2.15 bits per heavy atom. The van der Waals surface area contributed by atoms with Gasteiger partial charge in [-0.05, 0) is 32.0 Å².